The van der Waals surface area contributed by atoms with Gasteiger partial charge < -0.3 is 4.98 Å². The van der Waals surface area contributed by atoms with Crippen LogP contribution in [0.1, 0.15) is 0 Å². The summed E-state index contributed by atoms with van der Waals surface area (Å²) < 4.78 is 0. The number of aromatic amines is 1. The molecule has 3 heteroatoms. The van der Waals surface area contributed by atoms with E-state index in [1.54, 1.807) is 11.3 Å². The van der Waals surface area contributed by atoms with Gasteiger partial charge in [0.1, 0.15) is 5.82 Å². The number of aromatic nitrogens is 2. The first-order valence-corrected chi connectivity index (χ1v) is 6.01. The van der Waals surface area contributed by atoms with Crippen LogP contribution in [0.15, 0.2) is 53.4 Å². The van der Waals surface area contributed by atoms with Crippen molar-refractivity contribution in [2.45, 2.75) is 0 Å². The van der Waals surface area contributed by atoms with Gasteiger partial charge in [-0.05, 0) is 11.4 Å². The van der Waals surface area contributed by atoms with Gasteiger partial charge in [0.15, 0.2) is 0 Å². The Morgan fingerprint density at radius 2 is 1.88 bits per heavy atom. The first kappa shape index (κ1) is 9.36. The molecule has 0 radical (unpaired) electrons. The van der Waals surface area contributed by atoms with Gasteiger partial charge in [0, 0.05) is 16.5 Å². The minimum atomic E-state index is 0.918. The molecule has 2 nitrogen and oxygen atoms in total. The van der Waals surface area contributed by atoms with Gasteiger partial charge in [0.05, 0.1) is 11.9 Å². The number of H-pyrrole nitrogens is 1. The highest BCUT2D eigenvalue weighted by Crippen LogP contribution is 2.23. The van der Waals surface area contributed by atoms with Crippen molar-refractivity contribution < 1.29 is 0 Å². The second-order valence-electron chi connectivity index (χ2n) is 3.52. The summed E-state index contributed by atoms with van der Waals surface area (Å²) in [5.41, 5.74) is 3.38. The first-order valence-electron chi connectivity index (χ1n) is 5.06. The van der Waals surface area contributed by atoms with E-state index < -0.39 is 0 Å². The summed E-state index contributed by atoms with van der Waals surface area (Å²) in [5, 5.41) is 4.18. The highest BCUT2D eigenvalue weighted by Gasteiger charge is 2.04. The molecule has 0 saturated carbocycles. The third-order valence-corrected chi connectivity index (χ3v) is 3.14. The van der Waals surface area contributed by atoms with Gasteiger partial charge in [0.2, 0.25) is 0 Å². The lowest BCUT2D eigenvalue weighted by molar-refractivity contribution is 1.31. The van der Waals surface area contributed by atoms with Gasteiger partial charge in [-0.25, -0.2) is 4.98 Å². The summed E-state index contributed by atoms with van der Waals surface area (Å²) in [7, 11) is 0. The molecule has 0 aliphatic carbocycles. The molecule has 0 atom stereocenters. The SMILES string of the molecule is c1ccc(-c2ncc(-c3ccsc3)[nH]2)cc1. The zero-order valence-electron chi connectivity index (χ0n) is 8.55. The van der Waals surface area contributed by atoms with E-state index in [-0.39, 0.29) is 0 Å². The summed E-state index contributed by atoms with van der Waals surface area (Å²) in [6.45, 7) is 0. The zero-order chi connectivity index (χ0) is 10.8. The van der Waals surface area contributed by atoms with Crippen LogP contribution in [0.5, 0.6) is 0 Å². The van der Waals surface area contributed by atoms with E-state index in [9.17, 15) is 0 Å². The number of imidazole rings is 1. The van der Waals surface area contributed by atoms with Gasteiger partial charge in [0.25, 0.3) is 0 Å². The van der Waals surface area contributed by atoms with E-state index in [1.807, 2.05) is 24.4 Å². The molecule has 0 fully saturated rings. The summed E-state index contributed by atoms with van der Waals surface area (Å²) >= 11 is 1.69. The zero-order valence-corrected chi connectivity index (χ0v) is 9.37. The third kappa shape index (κ3) is 1.66. The predicted molar refractivity (Wildman–Crippen MR) is 67.3 cm³/mol. The van der Waals surface area contributed by atoms with Gasteiger partial charge in [-0.15, -0.1) is 0 Å². The number of rotatable bonds is 2. The Labute approximate surface area is 97.6 Å². The second kappa shape index (κ2) is 3.94. The van der Waals surface area contributed by atoms with Crippen molar-refractivity contribution in [3.63, 3.8) is 0 Å². The van der Waals surface area contributed by atoms with Crippen LogP contribution in [0, 0.1) is 0 Å². The maximum atomic E-state index is 4.39. The average molecular weight is 226 g/mol. The van der Waals surface area contributed by atoms with Crippen LogP contribution in [0.4, 0.5) is 0 Å². The molecule has 1 aromatic carbocycles. The van der Waals surface area contributed by atoms with Crippen molar-refractivity contribution in [1.82, 2.24) is 9.97 Å². The molecule has 2 heterocycles. The lowest BCUT2D eigenvalue weighted by atomic mass is 10.2. The fraction of sp³-hybridized carbons (Fsp3) is 0. The Balaban J connectivity index is 2.00. The van der Waals surface area contributed by atoms with Crippen LogP contribution < -0.4 is 0 Å². The fourth-order valence-corrected chi connectivity index (χ4v) is 2.28. The van der Waals surface area contributed by atoms with Crippen molar-refractivity contribution >= 4 is 11.3 Å². The Morgan fingerprint density at radius 3 is 2.62 bits per heavy atom. The minimum Gasteiger partial charge on any atom is -0.338 e. The highest BCUT2D eigenvalue weighted by molar-refractivity contribution is 7.08. The molecule has 78 valence electrons. The largest absolute Gasteiger partial charge is 0.338 e. The molecule has 3 aromatic rings. The van der Waals surface area contributed by atoms with Crippen molar-refractivity contribution in [3.05, 3.63) is 53.4 Å². The summed E-state index contributed by atoms with van der Waals surface area (Å²) in [6, 6.07) is 12.2. The number of nitrogens with zero attached hydrogens (tertiary/aromatic N) is 1. The van der Waals surface area contributed by atoms with Crippen LogP contribution in [-0.4, -0.2) is 9.97 Å². The van der Waals surface area contributed by atoms with Crippen LogP contribution in [-0.2, 0) is 0 Å². The monoisotopic (exact) mass is 226 g/mol. The van der Waals surface area contributed by atoms with Crippen LogP contribution >= 0.6 is 11.3 Å². The quantitative estimate of drug-likeness (QED) is 0.707. The molecule has 0 unspecified atom stereocenters. The lowest BCUT2D eigenvalue weighted by Crippen LogP contribution is -1.79. The topological polar surface area (TPSA) is 28.7 Å². The number of hydrogen-bond acceptors (Lipinski definition) is 2. The van der Waals surface area contributed by atoms with Crippen LogP contribution in [0.3, 0.4) is 0 Å². The Hall–Kier alpha value is -1.87. The van der Waals surface area contributed by atoms with E-state index in [4.69, 9.17) is 0 Å². The van der Waals surface area contributed by atoms with E-state index in [0.29, 0.717) is 0 Å². The molecule has 1 N–H and O–H groups in total. The number of thiophene rings is 1. The molecule has 0 bridgehead atoms. The van der Waals surface area contributed by atoms with Crippen molar-refractivity contribution in [2.24, 2.45) is 0 Å². The average Bonchev–Trinajstić information content (AvgIpc) is 3.01. The maximum absolute atomic E-state index is 4.39. The molecule has 0 aliphatic heterocycles. The van der Waals surface area contributed by atoms with Gasteiger partial charge in [-0.1, -0.05) is 30.3 Å². The fourth-order valence-electron chi connectivity index (χ4n) is 1.63. The van der Waals surface area contributed by atoms with E-state index in [1.165, 1.54) is 5.56 Å². The van der Waals surface area contributed by atoms with E-state index in [2.05, 4.69) is 38.9 Å². The number of nitrogens with one attached hydrogen (secondary N) is 1. The number of benzene rings is 1. The molecule has 16 heavy (non-hydrogen) atoms. The molecule has 3 rings (SSSR count). The van der Waals surface area contributed by atoms with Crippen molar-refractivity contribution in [1.29, 1.82) is 0 Å². The number of hydrogen-bond donors (Lipinski definition) is 1. The normalized spacial score (nSPS) is 10.5. The van der Waals surface area contributed by atoms with Gasteiger partial charge in [-0.2, -0.15) is 11.3 Å². The maximum Gasteiger partial charge on any atom is 0.137 e. The Kier molecular flexibility index (Phi) is 2.31. The standard InChI is InChI=1S/C13H10N2S/c1-2-4-10(5-3-1)13-14-8-12(15-13)11-6-7-16-9-11/h1-9H,(H,14,15). The van der Waals surface area contributed by atoms with E-state index in [0.717, 1.165) is 17.1 Å². The summed E-state index contributed by atoms with van der Waals surface area (Å²) in [4.78, 5) is 7.72. The third-order valence-electron chi connectivity index (χ3n) is 2.46. The van der Waals surface area contributed by atoms with Gasteiger partial charge in [-0.3, -0.25) is 0 Å². The summed E-state index contributed by atoms with van der Waals surface area (Å²) in [5.74, 6) is 0.918. The molecule has 0 amide bonds. The molecular weight excluding hydrogens is 216 g/mol. The molecule has 2 aromatic heterocycles. The first-order chi connectivity index (χ1) is 7.93. The lowest BCUT2D eigenvalue weighted by Gasteiger charge is -1.95. The van der Waals surface area contributed by atoms with Crippen molar-refractivity contribution in [3.8, 4) is 22.6 Å². The van der Waals surface area contributed by atoms with Crippen molar-refractivity contribution in [2.75, 3.05) is 0 Å². The summed E-state index contributed by atoms with van der Waals surface area (Å²) in [6.07, 6.45) is 1.88. The predicted octanol–water partition coefficient (Wildman–Crippen LogP) is 3.81. The Bertz CT molecular complexity index is 567. The second-order valence-corrected chi connectivity index (χ2v) is 4.30. The smallest absolute Gasteiger partial charge is 0.137 e. The molecule has 0 saturated heterocycles. The van der Waals surface area contributed by atoms with Gasteiger partial charge >= 0.3 is 0 Å². The molecule has 0 spiro atoms. The van der Waals surface area contributed by atoms with Crippen LogP contribution in [0.25, 0.3) is 22.6 Å². The van der Waals surface area contributed by atoms with Crippen LogP contribution in [0.2, 0.25) is 0 Å². The highest BCUT2D eigenvalue weighted by atomic mass is 32.1. The minimum absolute atomic E-state index is 0.918. The Morgan fingerprint density at radius 1 is 1.00 bits per heavy atom. The molecular formula is C13H10N2S. The molecule has 0 aliphatic rings. The van der Waals surface area contributed by atoms with E-state index >= 15 is 0 Å².